The fraction of sp³-hybridized carbons (Fsp3) is 0.158. The monoisotopic (exact) mass is 346 g/mol. The Morgan fingerprint density at radius 2 is 1.81 bits per heavy atom. The third-order valence-corrected chi connectivity index (χ3v) is 4.38. The Labute approximate surface area is 150 Å². The van der Waals surface area contributed by atoms with Crippen LogP contribution in [0.3, 0.4) is 0 Å². The van der Waals surface area contributed by atoms with Gasteiger partial charge < -0.3 is 10.6 Å². The molecule has 2 heterocycles. The minimum atomic E-state index is -0.398. The zero-order valence-corrected chi connectivity index (χ0v) is 14.5. The van der Waals surface area contributed by atoms with Gasteiger partial charge in [-0.25, -0.2) is 0 Å². The first-order chi connectivity index (χ1) is 12.6. The lowest BCUT2D eigenvalue weighted by Gasteiger charge is -2.28. The van der Waals surface area contributed by atoms with E-state index in [4.69, 9.17) is 0 Å². The molecule has 26 heavy (non-hydrogen) atoms. The number of aryl methyl sites for hydroxylation is 1. The number of benzene rings is 2. The number of aromatic nitrogens is 4. The topological polar surface area (TPSA) is 84.7 Å². The van der Waals surface area contributed by atoms with Crippen LogP contribution in [0.5, 0.6) is 0 Å². The molecule has 2 N–H and O–H groups in total. The van der Waals surface area contributed by atoms with Crippen LogP contribution in [0.1, 0.15) is 24.1 Å². The summed E-state index contributed by atoms with van der Waals surface area (Å²) in [4.78, 5) is 13.1. The van der Waals surface area contributed by atoms with Crippen molar-refractivity contribution in [3.63, 3.8) is 0 Å². The van der Waals surface area contributed by atoms with Gasteiger partial charge in [0.05, 0.1) is 5.57 Å². The second-order valence-electron chi connectivity index (χ2n) is 6.24. The number of fused-ring (bicyclic) bond motifs is 1. The maximum absolute atomic E-state index is 13.1. The third-order valence-electron chi connectivity index (χ3n) is 4.38. The standard InChI is InChI=1S/C19H18N6O/c1-12-8-10-14(11-9-12)17-16(13(2)20-19-22-23-24-25(17)19)18(26)21-15-6-4-3-5-7-15/h3-11,17H,1-2H3,(H,21,26)(H,20,22,24)/t17-/m0/s1. The summed E-state index contributed by atoms with van der Waals surface area (Å²) >= 11 is 0. The summed E-state index contributed by atoms with van der Waals surface area (Å²) in [5.74, 6) is 0.331. The van der Waals surface area contributed by atoms with Crippen molar-refractivity contribution < 1.29 is 4.79 Å². The van der Waals surface area contributed by atoms with Gasteiger partial charge in [-0.3, -0.25) is 4.79 Å². The Bertz CT molecular complexity index is 975. The Hall–Kier alpha value is -3.48. The highest BCUT2D eigenvalue weighted by molar-refractivity contribution is 6.05. The normalized spacial score (nSPS) is 16.0. The molecule has 1 aliphatic rings. The highest BCUT2D eigenvalue weighted by atomic mass is 16.1. The van der Waals surface area contributed by atoms with E-state index in [0.717, 1.165) is 22.5 Å². The molecule has 4 rings (SSSR count). The summed E-state index contributed by atoms with van der Waals surface area (Å²) in [6, 6.07) is 17.0. The van der Waals surface area contributed by atoms with Gasteiger partial charge in [0, 0.05) is 11.4 Å². The molecule has 0 radical (unpaired) electrons. The van der Waals surface area contributed by atoms with Gasteiger partial charge in [-0.2, -0.15) is 4.68 Å². The summed E-state index contributed by atoms with van der Waals surface area (Å²) in [7, 11) is 0. The van der Waals surface area contributed by atoms with Crippen molar-refractivity contribution in [3.05, 3.63) is 77.0 Å². The quantitative estimate of drug-likeness (QED) is 0.762. The number of amides is 1. The smallest absolute Gasteiger partial charge is 0.255 e. The van der Waals surface area contributed by atoms with E-state index in [9.17, 15) is 4.79 Å². The Morgan fingerprint density at radius 1 is 1.08 bits per heavy atom. The summed E-state index contributed by atoms with van der Waals surface area (Å²) in [6.07, 6.45) is 0. The molecule has 2 aromatic carbocycles. The molecule has 3 aromatic rings. The summed E-state index contributed by atoms with van der Waals surface area (Å²) in [5.41, 5.74) is 4.14. The van der Waals surface area contributed by atoms with Gasteiger partial charge in [-0.15, -0.1) is 0 Å². The van der Waals surface area contributed by atoms with Crippen molar-refractivity contribution in [1.29, 1.82) is 0 Å². The molecule has 0 bridgehead atoms. The van der Waals surface area contributed by atoms with Gasteiger partial charge in [-0.1, -0.05) is 53.1 Å². The van der Waals surface area contributed by atoms with Crippen LogP contribution in [-0.2, 0) is 4.79 Å². The number of anilines is 2. The number of carbonyl (C=O) groups excluding carboxylic acids is 1. The van der Waals surface area contributed by atoms with Crippen molar-refractivity contribution in [2.75, 3.05) is 10.6 Å². The Morgan fingerprint density at radius 3 is 2.54 bits per heavy atom. The first kappa shape index (κ1) is 16.0. The highest BCUT2D eigenvalue weighted by Crippen LogP contribution is 2.34. The fourth-order valence-corrected chi connectivity index (χ4v) is 3.08. The molecule has 1 atom stereocenters. The van der Waals surface area contributed by atoms with Crippen molar-refractivity contribution >= 4 is 17.5 Å². The van der Waals surface area contributed by atoms with E-state index in [0.29, 0.717) is 11.5 Å². The van der Waals surface area contributed by atoms with Crippen molar-refractivity contribution in [2.24, 2.45) is 0 Å². The molecule has 0 unspecified atom stereocenters. The number of allylic oxidation sites excluding steroid dienone is 1. The molecule has 0 saturated heterocycles. The van der Waals surface area contributed by atoms with Gasteiger partial charge in [-0.05, 0) is 42.0 Å². The highest BCUT2D eigenvalue weighted by Gasteiger charge is 2.33. The van der Waals surface area contributed by atoms with Crippen LogP contribution in [0, 0.1) is 6.92 Å². The molecule has 0 aliphatic carbocycles. The van der Waals surface area contributed by atoms with Crippen LogP contribution < -0.4 is 10.6 Å². The van der Waals surface area contributed by atoms with Crippen molar-refractivity contribution in [2.45, 2.75) is 19.9 Å². The van der Waals surface area contributed by atoms with E-state index >= 15 is 0 Å². The molecule has 130 valence electrons. The third kappa shape index (κ3) is 2.83. The largest absolute Gasteiger partial charge is 0.326 e. The molecule has 1 aromatic heterocycles. The Balaban J connectivity index is 1.77. The van der Waals surface area contributed by atoms with Gasteiger partial charge >= 0.3 is 0 Å². The first-order valence-corrected chi connectivity index (χ1v) is 8.32. The molecule has 7 nitrogen and oxygen atoms in total. The van der Waals surface area contributed by atoms with Gasteiger partial charge in [0.15, 0.2) is 0 Å². The van der Waals surface area contributed by atoms with Crippen LogP contribution >= 0.6 is 0 Å². The zero-order chi connectivity index (χ0) is 18.1. The maximum Gasteiger partial charge on any atom is 0.255 e. The van der Waals surface area contributed by atoms with Crippen LogP contribution in [0.4, 0.5) is 11.6 Å². The number of nitrogens with zero attached hydrogens (tertiary/aromatic N) is 4. The summed E-state index contributed by atoms with van der Waals surface area (Å²) in [5, 5.41) is 17.9. The lowest BCUT2D eigenvalue weighted by Crippen LogP contribution is -2.31. The fourth-order valence-electron chi connectivity index (χ4n) is 3.08. The van der Waals surface area contributed by atoms with Crippen molar-refractivity contribution in [1.82, 2.24) is 20.2 Å². The number of hydrogen-bond donors (Lipinski definition) is 2. The number of para-hydroxylation sites is 1. The molecule has 1 amide bonds. The molecule has 0 saturated carbocycles. The van der Waals surface area contributed by atoms with Gasteiger partial charge in [0.1, 0.15) is 6.04 Å². The number of tetrazole rings is 1. The van der Waals surface area contributed by atoms with E-state index in [2.05, 4.69) is 26.2 Å². The second kappa shape index (κ2) is 6.44. The summed E-state index contributed by atoms with van der Waals surface area (Å²) < 4.78 is 1.64. The van der Waals surface area contributed by atoms with E-state index in [1.165, 1.54) is 0 Å². The zero-order valence-electron chi connectivity index (χ0n) is 14.5. The van der Waals surface area contributed by atoms with Crippen LogP contribution in [-0.4, -0.2) is 26.1 Å². The number of rotatable bonds is 3. The predicted octanol–water partition coefficient (Wildman–Crippen LogP) is 2.91. The van der Waals surface area contributed by atoms with E-state index in [-0.39, 0.29) is 5.91 Å². The summed E-state index contributed by atoms with van der Waals surface area (Å²) in [6.45, 7) is 3.89. The molecule has 1 aliphatic heterocycles. The van der Waals surface area contributed by atoms with Gasteiger partial charge in [0.25, 0.3) is 5.91 Å². The molecule has 7 heteroatoms. The maximum atomic E-state index is 13.1. The first-order valence-electron chi connectivity index (χ1n) is 8.32. The molecule has 0 fully saturated rings. The molecular formula is C19H18N6O. The predicted molar refractivity (Wildman–Crippen MR) is 98.5 cm³/mol. The van der Waals surface area contributed by atoms with Crippen LogP contribution in [0.15, 0.2) is 65.9 Å². The minimum absolute atomic E-state index is 0.187. The second-order valence-corrected chi connectivity index (χ2v) is 6.24. The average Bonchev–Trinajstić information content (AvgIpc) is 3.10. The van der Waals surface area contributed by atoms with Crippen LogP contribution in [0.25, 0.3) is 0 Å². The number of carbonyl (C=O) groups is 1. The average molecular weight is 346 g/mol. The van der Waals surface area contributed by atoms with Crippen LogP contribution in [0.2, 0.25) is 0 Å². The lowest BCUT2D eigenvalue weighted by molar-refractivity contribution is -0.113. The van der Waals surface area contributed by atoms with E-state index in [1.807, 2.05) is 68.4 Å². The van der Waals surface area contributed by atoms with Gasteiger partial charge in [0.2, 0.25) is 5.95 Å². The minimum Gasteiger partial charge on any atom is -0.326 e. The van der Waals surface area contributed by atoms with E-state index < -0.39 is 6.04 Å². The SMILES string of the molecule is CC1=C(C(=O)Nc2ccccc2)[C@H](c2ccc(C)cc2)n2nnnc2N1. The molecule has 0 spiro atoms. The molecular weight excluding hydrogens is 328 g/mol. The lowest BCUT2D eigenvalue weighted by atomic mass is 9.94. The Kier molecular flexibility index (Phi) is 3.96. The number of nitrogens with one attached hydrogen (secondary N) is 2. The van der Waals surface area contributed by atoms with E-state index in [1.54, 1.807) is 4.68 Å². The van der Waals surface area contributed by atoms with Crippen molar-refractivity contribution in [3.8, 4) is 0 Å². The number of hydrogen-bond acceptors (Lipinski definition) is 5.